The van der Waals surface area contributed by atoms with Crippen molar-refractivity contribution < 1.29 is 14.3 Å². The van der Waals surface area contributed by atoms with E-state index in [1.807, 2.05) is 30.3 Å². The molecule has 1 N–H and O–H groups in total. The number of nitrogens with one attached hydrogen (secondary N) is 1. The van der Waals surface area contributed by atoms with Crippen molar-refractivity contribution in [1.29, 1.82) is 0 Å². The van der Waals surface area contributed by atoms with Crippen LogP contribution in [-0.2, 0) is 4.79 Å². The molecule has 146 valence electrons. The van der Waals surface area contributed by atoms with E-state index in [9.17, 15) is 9.59 Å². The molecule has 2 amide bonds. The molecule has 2 aromatic heterocycles. The summed E-state index contributed by atoms with van der Waals surface area (Å²) in [6.45, 7) is -0.0350. The molecule has 0 saturated heterocycles. The van der Waals surface area contributed by atoms with Crippen molar-refractivity contribution >= 4 is 29.2 Å². The standard InChI is InChI=1S/C20H16ClN5O3/c1-26-18-15(8-5-9-22-18)29-11-14(20(26)28)24-19(27)17-23-10-13(21)16(25-17)12-6-3-2-4-7-12/h2-10,14H,11H2,1H3,(H,24,27)/t14-/m0/s1. The second-order valence-electron chi connectivity index (χ2n) is 6.32. The first-order chi connectivity index (χ1) is 14.0. The van der Waals surface area contributed by atoms with Crippen molar-refractivity contribution in [2.24, 2.45) is 0 Å². The maximum atomic E-state index is 12.7. The molecule has 29 heavy (non-hydrogen) atoms. The fraction of sp³-hybridized carbons (Fsp3) is 0.150. The number of carbonyl (C=O) groups is 2. The van der Waals surface area contributed by atoms with Gasteiger partial charge in [-0.25, -0.2) is 15.0 Å². The van der Waals surface area contributed by atoms with Gasteiger partial charge in [-0.05, 0) is 12.1 Å². The molecule has 0 spiro atoms. The van der Waals surface area contributed by atoms with E-state index >= 15 is 0 Å². The predicted octanol–water partition coefficient (Wildman–Crippen LogP) is 2.35. The summed E-state index contributed by atoms with van der Waals surface area (Å²) < 4.78 is 5.65. The van der Waals surface area contributed by atoms with E-state index in [1.54, 1.807) is 25.4 Å². The minimum absolute atomic E-state index is 0.0350. The molecule has 0 radical (unpaired) electrons. The minimum Gasteiger partial charge on any atom is -0.487 e. The van der Waals surface area contributed by atoms with Crippen LogP contribution in [0.5, 0.6) is 5.75 Å². The van der Waals surface area contributed by atoms with Crippen molar-refractivity contribution in [2.45, 2.75) is 6.04 Å². The molecule has 0 unspecified atom stereocenters. The molecular weight excluding hydrogens is 394 g/mol. The number of nitrogens with zero attached hydrogens (tertiary/aromatic N) is 4. The number of ether oxygens (including phenoxy) is 1. The van der Waals surface area contributed by atoms with Gasteiger partial charge in [-0.1, -0.05) is 41.9 Å². The second kappa shape index (κ2) is 7.84. The van der Waals surface area contributed by atoms with Gasteiger partial charge in [0.1, 0.15) is 12.6 Å². The Bertz CT molecular complexity index is 1080. The number of benzene rings is 1. The first-order valence-corrected chi connectivity index (χ1v) is 9.16. The van der Waals surface area contributed by atoms with Crippen LogP contribution >= 0.6 is 11.6 Å². The summed E-state index contributed by atoms with van der Waals surface area (Å²) in [4.78, 5) is 39.3. The summed E-state index contributed by atoms with van der Waals surface area (Å²) in [6.07, 6.45) is 2.93. The number of amides is 2. The van der Waals surface area contributed by atoms with Gasteiger partial charge in [-0.15, -0.1) is 0 Å². The van der Waals surface area contributed by atoms with Gasteiger partial charge in [0.15, 0.2) is 11.6 Å². The average Bonchev–Trinajstić information content (AvgIpc) is 2.87. The molecule has 3 aromatic rings. The quantitative estimate of drug-likeness (QED) is 0.713. The molecular formula is C20H16ClN5O3. The maximum Gasteiger partial charge on any atom is 0.289 e. The molecule has 9 heteroatoms. The Hall–Kier alpha value is -3.52. The topological polar surface area (TPSA) is 97.3 Å². The highest BCUT2D eigenvalue weighted by Crippen LogP contribution is 2.28. The Kier molecular flexibility index (Phi) is 5.09. The van der Waals surface area contributed by atoms with Gasteiger partial charge in [0.2, 0.25) is 5.82 Å². The van der Waals surface area contributed by atoms with Crippen molar-refractivity contribution in [3.63, 3.8) is 0 Å². The molecule has 1 aliphatic heterocycles. The molecule has 0 saturated carbocycles. The monoisotopic (exact) mass is 409 g/mol. The third-order valence-corrected chi connectivity index (χ3v) is 4.68. The van der Waals surface area contributed by atoms with Crippen LogP contribution in [0.4, 0.5) is 5.82 Å². The fourth-order valence-corrected chi connectivity index (χ4v) is 3.13. The van der Waals surface area contributed by atoms with Crippen molar-refractivity contribution in [3.05, 3.63) is 65.7 Å². The van der Waals surface area contributed by atoms with E-state index in [-0.39, 0.29) is 18.3 Å². The summed E-state index contributed by atoms with van der Waals surface area (Å²) in [6, 6.07) is 11.7. The largest absolute Gasteiger partial charge is 0.487 e. The van der Waals surface area contributed by atoms with Crippen LogP contribution in [0.25, 0.3) is 11.3 Å². The third kappa shape index (κ3) is 3.74. The third-order valence-electron chi connectivity index (χ3n) is 4.40. The lowest BCUT2D eigenvalue weighted by atomic mass is 10.1. The number of hydrogen-bond acceptors (Lipinski definition) is 6. The minimum atomic E-state index is -0.916. The number of carbonyl (C=O) groups excluding carboxylic acids is 2. The first-order valence-electron chi connectivity index (χ1n) is 8.79. The Morgan fingerprint density at radius 2 is 2.00 bits per heavy atom. The molecule has 0 bridgehead atoms. The van der Waals surface area contributed by atoms with Crippen LogP contribution in [0.1, 0.15) is 10.6 Å². The summed E-state index contributed by atoms with van der Waals surface area (Å²) >= 11 is 6.20. The van der Waals surface area contributed by atoms with Crippen LogP contribution in [0, 0.1) is 0 Å². The summed E-state index contributed by atoms with van der Waals surface area (Å²) in [5, 5.41) is 2.96. The Labute approximate surface area is 171 Å². The SMILES string of the molecule is CN1C(=O)[C@@H](NC(=O)c2ncc(Cl)c(-c3ccccc3)n2)COc2cccnc21. The molecule has 1 atom stereocenters. The van der Waals surface area contributed by atoms with Crippen molar-refractivity contribution in [3.8, 4) is 17.0 Å². The van der Waals surface area contributed by atoms with Gasteiger partial charge < -0.3 is 10.1 Å². The molecule has 4 rings (SSSR count). The molecule has 3 heterocycles. The number of halogens is 1. The van der Waals surface area contributed by atoms with Gasteiger partial charge in [-0.3, -0.25) is 14.5 Å². The molecule has 0 fully saturated rings. The van der Waals surface area contributed by atoms with Crippen molar-refractivity contribution in [1.82, 2.24) is 20.3 Å². The van der Waals surface area contributed by atoms with Crippen LogP contribution in [0.15, 0.2) is 54.9 Å². The van der Waals surface area contributed by atoms with Gasteiger partial charge in [0.25, 0.3) is 11.8 Å². The lowest BCUT2D eigenvalue weighted by molar-refractivity contribution is -0.120. The normalized spacial score (nSPS) is 15.9. The number of fused-ring (bicyclic) bond motifs is 1. The second-order valence-corrected chi connectivity index (χ2v) is 6.72. The summed E-state index contributed by atoms with van der Waals surface area (Å²) in [7, 11) is 1.58. The number of hydrogen-bond donors (Lipinski definition) is 1. The lowest BCUT2D eigenvalue weighted by Crippen LogP contribution is -2.49. The Balaban J connectivity index is 1.56. The molecule has 0 aliphatic carbocycles. The predicted molar refractivity (Wildman–Crippen MR) is 107 cm³/mol. The molecule has 8 nitrogen and oxygen atoms in total. The highest BCUT2D eigenvalue weighted by molar-refractivity contribution is 6.32. The number of aromatic nitrogens is 3. The van der Waals surface area contributed by atoms with E-state index in [4.69, 9.17) is 16.3 Å². The van der Waals surface area contributed by atoms with E-state index in [2.05, 4.69) is 20.3 Å². The van der Waals surface area contributed by atoms with Gasteiger partial charge in [-0.2, -0.15) is 0 Å². The first kappa shape index (κ1) is 18.8. The van der Waals surface area contributed by atoms with Gasteiger partial charge >= 0.3 is 0 Å². The highest BCUT2D eigenvalue weighted by Gasteiger charge is 2.32. The van der Waals surface area contributed by atoms with Gasteiger partial charge in [0.05, 0.1) is 16.9 Å². The number of likely N-dealkylation sites (N-methyl/N-ethyl adjacent to an activating group) is 1. The van der Waals surface area contributed by atoms with Crippen LogP contribution in [0.3, 0.4) is 0 Å². The van der Waals surface area contributed by atoms with Crippen LogP contribution < -0.4 is 15.0 Å². The van der Waals surface area contributed by atoms with Crippen LogP contribution in [-0.4, -0.2) is 46.5 Å². The lowest BCUT2D eigenvalue weighted by Gasteiger charge is -2.19. The summed E-state index contributed by atoms with van der Waals surface area (Å²) in [5.41, 5.74) is 1.19. The van der Waals surface area contributed by atoms with E-state index in [1.165, 1.54) is 11.1 Å². The van der Waals surface area contributed by atoms with Crippen molar-refractivity contribution in [2.75, 3.05) is 18.6 Å². The van der Waals surface area contributed by atoms with Crippen LogP contribution in [0.2, 0.25) is 5.02 Å². The molecule has 1 aliphatic rings. The maximum absolute atomic E-state index is 12.7. The zero-order valence-corrected chi connectivity index (χ0v) is 16.1. The smallest absolute Gasteiger partial charge is 0.289 e. The van der Waals surface area contributed by atoms with E-state index in [0.29, 0.717) is 22.3 Å². The summed E-state index contributed by atoms with van der Waals surface area (Å²) in [5.74, 6) is -0.192. The Morgan fingerprint density at radius 3 is 2.79 bits per heavy atom. The highest BCUT2D eigenvalue weighted by atomic mass is 35.5. The average molecular weight is 410 g/mol. The number of pyridine rings is 1. The zero-order valence-electron chi connectivity index (χ0n) is 15.4. The Morgan fingerprint density at radius 1 is 1.21 bits per heavy atom. The number of anilines is 1. The molecule has 1 aromatic carbocycles. The van der Waals surface area contributed by atoms with E-state index < -0.39 is 11.9 Å². The zero-order chi connectivity index (χ0) is 20.4. The van der Waals surface area contributed by atoms with E-state index in [0.717, 1.165) is 5.56 Å². The fourth-order valence-electron chi connectivity index (χ4n) is 2.93. The number of rotatable bonds is 3. The van der Waals surface area contributed by atoms with Gasteiger partial charge in [0, 0.05) is 18.8 Å².